The number of nitrogens with one attached hydrogen (secondary N) is 2. The minimum absolute atomic E-state index is 0.227. The Bertz CT molecular complexity index is 3020. The number of sulfonamides is 4. The van der Waals surface area contributed by atoms with Gasteiger partial charge < -0.3 is 9.80 Å². The van der Waals surface area contributed by atoms with Crippen LogP contribution in [0.25, 0.3) is 11.1 Å². The molecular weight excluding hydrogens is 957 g/mol. The van der Waals surface area contributed by atoms with Crippen LogP contribution in [0.2, 0.25) is 0 Å². The molecule has 0 heterocycles. The van der Waals surface area contributed by atoms with Gasteiger partial charge in [-0.15, -0.1) is 0 Å². The Morgan fingerprint density at radius 3 is 1.30 bits per heavy atom. The van der Waals surface area contributed by atoms with Gasteiger partial charge >= 0.3 is 31.1 Å². The highest BCUT2D eigenvalue weighted by Gasteiger charge is 2.49. The van der Waals surface area contributed by atoms with Crippen molar-refractivity contribution in [3.05, 3.63) is 156 Å². The van der Waals surface area contributed by atoms with E-state index in [1.807, 2.05) is 67.6 Å². The lowest BCUT2D eigenvalue weighted by atomic mass is 9.83. The Labute approximate surface area is 378 Å². The van der Waals surface area contributed by atoms with Crippen molar-refractivity contribution < 1.29 is 60.0 Å². The highest BCUT2D eigenvalue weighted by atomic mass is 32.3. The molecule has 2 N–H and O–H groups in total. The fourth-order valence-corrected chi connectivity index (χ4v) is 12.0. The minimum atomic E-state index is -6.24. The summed E-state index contributed by atoms with van der Waals surface area (Å²) < 4.78 is 178. The summed E-state index contributed by atoms with van der Waals surface area (Å²) in [6.07, 6.45) is 3.83. The van der Waals surface area contributed by atoms with Gasteiger partial charge in [0.2, 0.25) is 0 Å². The quantitative estimate of drug-likeness (QED) is 0.0965. The van der Waals surface area contributed by atoms with Crippen LogP contribution in [0, 0.1) is 0 Å². The number of nitrogens with zero attached hydrogens (tertiary/aromatic N) is 3. The van der Waals surface area contributed by atoms with Crippen LogP contribution in [-0.2, 0) is 40.1 Å². The first-order valence-electron chi connectivity index (χ1n) is 19.6. The van der Waals surface area contributed by atoms with Crippen molar-refractivity contribution in [2.45, 2.75) is 41.6 Å². The summed E-state index contributed by atoms with van der Waals surface area (Å²) in [5.74, 6) is 0. The monoisotopic (exact) mass is 995 g/mol. The molecule has 0 aromatic heterocycles. The Morgan fingerprint density at radius 2 is 0.924 bits per heavy atom. The van der Waals surface area contributed by atoms with Crippen molar-refractivity contribution in [3.63, 3.8) is 0 Å². The molecule has 0 saturated carbocycles. The maximum Gasteiger partial charge on any atom is 0.512 e. The minimum Gasteiger partial charge on any atom is -0.342 e. The first-order valence-corrected chi connectivity index (χ1v) is 25.5. The third-order valence-electron chi connectivity index (χ3n) is 9.99. The fraction of sp³-hybridized carbons (Fsp3) is 0.186. The second kappa shape index (κ2) is 18.8. The molecule has 5 aromatic rings. The number of halogens is 6. The standard InChI is InChI=1S/C43H39F6N5O8S4/c1-4-50-40-26-25-39(37-15-7-8-16-38(37)40)41(29-17-21-31(22-18-29)53(5-2)33-11-9-13-35(27-33)63(55,56)51-65(59,60)42(44,45)46)30-19-23-32(24-20-30)54(6-3)34-12-10-14-36(28-34)64(57,58)52-66(61,62)43(47,48)49/h7-28,51-52H,4-6H2,1-3H3. The largest absolute Gasteiger partial charge is 0.512 e. The van der Waals surface area contributed by atoms with E-state index in [-0.39, 0.29) is 24.5 Å². The number of rotatable bonds is 15. The zero-order valence-electron chi connectivity index (χ0n) is 34.8. The number of anilines is 4. The molecule has 0 bridgehead atoms. The molecule has 13 nitrogen and oxygen atoms in total. The fourth-order valence-electron chi connectivity index (χ4n) is 7.05. The van der Waals surface area contributed by atoms with Gasteiger partial charge in [0.25, 0.3) is 20.0 Å². The van der Waals surface area contributed by atoms with Gasteiger partial charge in [-0.2, -0.15) is 26.3 Å². The Hall–Kier alpha value is -5.85. The van der Waals surface area contributed by atoms with E-state index in [2.05, 4.69) is 4.99 Å². The molecule has 0 spiro atoms. The maximum atomic E-state index is 13.0. The number of benzene rings is 5. The molecular formula is C43H39F6N5O8S4. The van der Waals surface area contributed by atoms with Crippen LogP contribution in [0.5, 0.6) is 0 Å². The van der Waals surface area contributed by atoms with Crippen LogP contribution in [0.15, 0.2) is 148 Å². The molecule has 0 fully saturated rings. The molecule has 0 amide bonds. The van der Waals surface area contributed by atoms with Crippen LogP contribution < -0.4 is 18.1 Å². The van der Waals surface area contributed by atoms with Crippen LogP contribution in [0.4, 0.5) is 49.1 Å². The van der Waals surface area contributed by atoms with Crippen molar-refractivity contribution in [1.82, 2.24) is 8.25 Å². The van der Waals surface area contributed by atoms with Gasteiger partial charge in [0.05, 0.1) is 15.5 Å². The van der Waals surface area contributed by atoms with E-state index in [1.54, 1.807) is 47.9 Å². The van der Waals surface area contributed by atoms with E-state index in [9.17, 15) is 60.0 Å². The second-order valence-corrected chi connectivity index (χ2v) is 21.4. The molecule has 350 valence electrons. The van der Waals surface area contributed by atoms with Crippen LogP contribution in [0.3, 0.4) is 0 Å². The molecule has 6 rings (SSSR count). The molecule has 1 aliphatic rings. The molecule has 23 heteroatoms. The summed E-state index contributed by atoms with van der Waals surface area (Å²) in [6, 6.07) is 31.5. The van der Waals surface area contributed by atoms with Crippen molar-refractivity contribution in [2.24, 2.45) is 4.99 Å². The summed E-state index contributed by atoms with van der Waals surface area (Å²) >= 11 is 0. The number of allylic oxidation sites excluding steroid dienone is 3. The Morgan fingerprint density at radius 1 is 0.515 bits per heavy atom. The molecule has 5 aromatic carbocycles. The zero-order chi connectivity index (χ0) is 48.5. The third-order valence-corrected chi connectivity index (χ3v) is 16.5. The maximum absolute atomic E-state index is 13.0. The van der Waals surface area contributed by atoms with Gasteiger partial charge in [0.1, 0.15) is 0 Å². The summed E-state index contributed by atoms with van der Waals surface area (Å²) in [5.41, 5.74) is -4.75. The van der Waals surface area contributed by atoms with E-state index >= 15 is 0 Å². The summed E-state index contributed by atoms with van der Waals surface area (Å²) in [5, 5.41) is 0. The lowest BCUT2D eigenvalue weighted by Gasteiger charge is -2.26. The van der Waals surface area contributed by atoms with Gasteiger partial charge in [-0.25, -0.2) is 33.7 Å². The summed E-state index contributed by atoms with van der Waals surface area (Å²) in [7, 11) is -22.8. The summed E-state index contributed by atoms with van der Waals surface area (Å²) in [6.45, 7) is 6.43. The van der Waals surface area contributed by atoms with Crippen molar-refractivity contribution in [3.8, 4) is 0 Å². The molecule has 0 atom stereocenters. The Kier molecular flexibility index (Phi) is 14.1. The van der Waals surface area contributed by atoms with E-state index in [1.165, 1.54) is 24.3 Å². The zero-order valence-corrected chi connectivity index (χ0v) is 38.1. The van der Waals surface area contributed by atoms with Crippen molar-refractivity contribution in [1.29, 1.82) is 0 Å². The van der Waals surface area contributed by atoms with E-state index in [0.717, 1.165) is 60.5 Å². The number of aliphatic imine (C=N–C) groups is 1. The number of hydrogen-bond acceptors (Lipinski definition) is 11. The number of fused-ring (bicyclic) bond motifs is 1. The number of hydrogen-bond donors (Lipinski definition) is 2. The smallest absolute Gasteiger partial charge is 0.342 e. The highest BCUT2D eigenvalue weighted by Crippen LogP contribution is 2.40. The van der Waals surface area contributed by atoms with Gasteiger partial charge in [-0.1, -0.05) is 75.0 Å². The molecule has 1 aliphatic carbocycles. The first kappa shape index (κ1) is 49.6. The van der Waals surface area contributed by atoms with E-state index < -0.39 is 60.9 Å². The van der Waals surface area contributed by atoms with Crippen LogP contribution in [0.1, 0.15) is 43.0 Å². The average molecular weight is 996 g/mol. The van der Waals surface area contributed by atoms with Gasteiger partial charge in [-0.3, -0.25) is 4.99 Å². The average Bonchev–Trinajstić information content (AvgIpc) is 3.25. The summed E-state index contributed by atoms with van der Waals surface area (Å²) in [4.78, 5) is 6.54. The van der Waals surface area contributed by atoms with Crippen LogP contribution >= 0.6 is 0 Å². The predicted octanol–water partition coefficient (Wildman–Crippen LogP) is 8.60. The third kappa shape index (κ3) is 10.4. The lowest BCUT2D eigenvalue weighted by molar-refractivity contribution is -0.0447. The predicted molar refractivity (Wildman–Crippen MR) is 240 cm³/mol. The Balaban J connectivity index is 1.41. The van der Waals surface area contributed by atoms with Crippen LogP contribution in [-0.4, -0.2) is 70.0 Å². The van der Waals surface area contributed by atoms with Gasteiger partial charge in [0, 0.05) is 47.9 Å². The van der Waals surface area contributed by atoms with Gasteiger partial charge in [-0.05, 0) is 115 Å². The molecule has 0 unspecified atom stereocenters. The highest BCUT2D eigenvalue weighted by molar-refractivity contribution is 8.05. The van der Waals surface area contributed by atoms with E-state index in [4.69, 9.17) is 0 Å². The van der Waals surface area contributed by atoms with E-state index in [0.29, 0.717) is 29.0 Å². The molecule has 0 saturated heterocycles. The topological polar surface area (TPSA) is 179 Å². The molecule has 66 heavy (non-hydrogen) atoms. The van der Waals surface area contributed by atoms with Gasteiger partial charge in [0.15, 0.2) is 0 Å². The van der Waals surface area contributed by atoms with Crippen molar-refractivity contribution in [2.75, 3.05) is 29.4 Å². The normalized spacial score (nSPS) is 14.3. The molecule has 0 radical (unpaired) electrons. The van der Waals surface area contributed by atoms with Crippen molar-refractivity contribution >= 4 is 79.7 Å². The first-order chi connectivity index (χ1) is 30.8. The second-order valence-electron chi connectivity index (χ2n) is 14.2. The lowest BCUT2D eigenvalue weighted by Crippen LogP contribution is -2.40. The SMILES string of the molecule is CCN=C1C=CC(=C(c2ccc(N(CC)c3cccc(S(=O)(=O)NS(=O)(=O)C(F)(F)F)c3)cc2)c2ccc(N(CC)c3cccc(S(=O)(=O)NS(=O)(=O)C(F)(F)F)c3)cc2)c2ccccc21. The number of alkyl halides is 6. The molecule has 0 aliphatic heterocycles.